The van der Waals surface area contributed by atoms with E-state index in [-0.39, 0.29) is 12.3 Å². The number of nitrogens with one attached hydrogen (secondary N) is 1. The number of carbonyl (C=O) groups excluding carboxylic acids is 2. The SMILES string of the molecule is COC(=O)C1=C(C)N=C2SC=C(CC(=O)Nc3ccc(C)cc3)N2[C@@H]1c1ccc(Cl)cc1. The molecule has 2 aliphatic rings. The largest absolute Gasteiger partial charge is 0.466 e. The molecule has 2 aromatic rings. The first-order valence-electron chi connectivity index (χ1n) is 10.0. The molecule has 0 aliphatic carbocycles. The third-order valence-corrected chi connectivity index (χ3v) is 6.41. The molecule has 8 heteroatoms. The molecule has 0 spiro atoms. The zero-order chi connectivity index (χ0) is 22.8. The number of allylic oxidation sites excluding steroid dienone is 1. The van der Waals surface area contributed by atoms with Gasteiger partial charge < -0.3 is 15.0 Å². The summed E-state index contributed by atoms with van der Waals surface area (Å²) in [4.78, 5) is 32.1. The number of methoxy groups -OCH3 is 1. The van der Waals surface area contributed by atoms with Crippen LogP contribution in [0.25, 0.3) is 0 Å². The van der Waals surface area contributed by atoms with E-state index in [1.54, 1.807) is 19.1 Å². The number of aryl methyl sites for hydroxylation is 1. The van der Waals surface area contributed by atoms with E-state index in [4.69, 9.17) is 16.3 Å². The summed E-state index contributed by atoms with van der Waals surface area (Å²) in [5, 5.41) is 6.15. The third-order valence-electron chi connectivity index (χ3n) is 5.27. The fraction of sp³-hybridized carbons (Fsp3) is 0.208. The molecule has 6 nitrogen and oxygen atoms in total. The van der Waals surface area contributed by atoms with Crippen LogP contribution in [-0.2, 0) is 14.3 Å². The number of amidine groups is 1. The molecule has 2 aliphatic heterocycles. The highest BCUT2D eigenvalue weighted by Crippen LogP contribution is 2.45. The van der Waals surface area contributed by atoms with Gasteiger partial charge in [0.05, 0.1) is 30.8 Å². The Morgan fingerprint density at radius 2 is 1.81 bits per heavy atom. The second kappa shape index (κ2) is 9.22. The Labute approximate surface area is 196 Å². The van der Waals surface area contributed by atoms with Crippen molar-refractivity contribution in [3.05, 3.63) is 87.1 Å². The van der Waals surface area contributed by atoms with Crippen LogP contribution in [0.3, 0.4) is 0 Å². The van der Waals surface area contributed by atoms with Crippen molar-refractivity contribution in [3.63, 3.8) is 0 Å². The molecule has 0 fully saturated rings. The molecule has 4 rings (SSSR count). The Bertz CT molecular complexity index is 1150. The molecule has 164 valence electrons. The summed E-state index contributed by atoms with van der Waals surface area (Å²) < 4.78 is 5.06. The lowest BCUT2D eigenvalue weighted by Crippen LogP contribution is -2.37. The molecule has 32 heavy (non-hydrogen) atoms. The quantitative estimate of drug-likeness (QED) is 0.594. The molecule has 0 unspecified atom stereocenters. The van der Waals surface area contributed by atoms with E-state index in [9.17, 15) is 9.59 Å². The Kier molecular flexibility index (Phi) is 6.39. The fourth-order valence-electron chi connectivity index (χ4n) is 3.71. The minimum absolute atomic E-state index is 0.136. The zero-order valence-corrected chi connectivity index (χ0v) is 19.5. The van der Waals surface area contributed by atoms with Gasteiger partial charge in [-0.3, -0.25) is 4.79 Å². The number of amides is 1. The number of fused-ring (bicyclic) bond motifs is 1. The van der Waals surface area contributed by atoms with Crippen LogP contribution in [-0.4, -0.2) is 29.1 Å². The van der Waals surface area contributed by atoms with Gasteiger partial charge in [-0.2, -0.15) is 0 Å². The van der Waals surface area contributed by atoms with E-state index in [0.29, 0.717) is 21.5 Å². The van der Waals surface area contributed by atoms with Crippen molar-refractivity contribution in [2.45, 2.75) is 26.3 Å². The average Bonchev–Trinajstić information content (AvgIpc) is 3.16. The molecule has 0 radical (unpaired) electrons. The molecule has 0 saturated heterocycles. The highest BCUT2D eigenvalue weighted by molar-refractivity contribution is 8.16. The number of esters is 1. The van der Waals surface area contributed by atoms with Crippen molar-refractivity contribution < 1.29 is 14.3 Å². The fourth-order valence-corrected chi connectivity index (χ4v) is 4.80. The molecule has 0 bridgehead atoms. The van der Waals surface area contributed by atoms with Crippen LogP contribution in [0.5, 0.6) is 0 Å². The Morgan fingerprint density at radius 1 is 1.12 bits per heavy atom. The Balaban J connectivity index is 1.65. The van der Waals surface area contributed by atoms with E-state index < -0.39 is 12.0 Å². The first-order valence-corrected chi connectivity index (χ1v) is 11.3. The number of ether oxygens (including phenoxy) is 1. The summed E-state index contributed by atoms with van der Waals surface area (Å²) in [6.07, 6.45) is 0.136. The monoisotopic (exact) mass is 467 g/mol. The van der Waals surface area contributed by atoms with Crippen LogP contribution in [0.15, 0.2) is 75.9 Å². The third kappa shape index (κ3) is 4.45. The van der Waals surface area contributed by atoms with Crippen molar-refractivity contribution in [2.75, 3.05) is 12.4 Å². The van der Waals surface area contributed by atoms with Gasteiger partial charge in [-0.05, 0) is 49.1 Å². The minimum Gasteiger partial charge on any atom is -0.466 e. The molecule has 2 aromatic carbocycles. The summed E-state index contributed by atoms with van der Waals surface area (Å²) in [5.41, 5.74) is 4.50. The van der Waals surface area contributed by atoms with E-state index in [1.165, 1.54) is 18.9 Å². The van der Waals surface area contributed by atoms with Gasteiger partial charge >= 0.3 is 5.97 Å². The molecular weight excluding hydrogens is 446 g/mol. The Morgan fingerprint density at radius 3 is 2.47 bits per heavy atom. The van der Waals surface area contributed by atoms with Crippen LogP contribution >= 0.6 is 23.4 Å². The van der Waals surface area contributed by atoms with Gasteiger partial charge in [0.25, 0.3) is 0 Å². The summed E-state index contributed by atoms with van der Waals surface area (Å²) in [7, 11) is 1.35. The maximum absolute atomic E-state index is 12.8. The molecular formula is C24H22ClN3O3S. The number of aliphatic imine (C=N–C) groups is 1. The molecule has 2 heterocycles. The number of thioether (sulfide) groups is 1. The van der Waals surface area contributed by atoms with Gasteiger partial charge in [-0.25, -0.2) is 9.79 Å². The minimum atomic E-state index is -0.472. The molecule has 1 N–H and O–H groups in total. The van der Waals surface area contributed by atoms with Crippen LogP contribution in [0.2, 0.25) is 5.02 Å². The van der Waals surface area contributed by atoms with Gasteiger partial charge in [0.1, 0.15) is 0 Å². The number of anilines is 1. The summed E-state index contributed by atoms with van der Waals surface area (Å²) in [6, 6.07) is 14.5. The van der Waals surface area contributed by atoms with Gasteiger partial charge in [-0.15, -0.1) is 0 Å². The molecule has 0 aromatic heterocycles. The number of halogens is 1. The second-order valence-electron chi connectivity index (χ2n) is 7.53. The first-order chi connectivity index (χ1) is 15.4. The van der Waals surface area contributed by atoms with Crippen molar-refractivity contribution in [1.82, 2.24) is 4.90 Å². The number of nitrogens with zero attached hydrogens (tertiary/aromatic N) is 2. The van der Waals surface area contributed by atoms with E-state index in [0.717, 1.165) is 22.5 Å². The summed E-state index contributed by atoms with van der Waals surface area (Å²) >= 11 is 7.52. The van der Waals surface area contributed by atoms with Gasteiger partial charge in [0.2, 0.25) is 5.91 Å². The molecule has 0 saturated carbocycles. The van der Waals surface area contributed by atoms with E-state index in [1.807, 2.05) is 53.6 Å². The number of rotatable bonds is 5. The second-order valence-corrected chi connectivity index (χ2v) is 8.80. The maximum atomic E-state index is 12.8. The van der Waals surface area contributed by atoms with Crippen molar-refractivity contribution in [3.8, 4) is 0 Å². The van der Waals surface area contributed by atoms with Crippen LogP contribution in [0, 0.1) is 6.92 Å². The average molecular weight is 468 g/mol. The highest BCUT2D eigenvalue weighted by Gasteiger charge is 2.40. The number of hydrogen-bond acceptors (Lipinski definition) is 6. The normalized spacial score (nSPS) is 17.5. The van der Waals surface area contributed by atoms with Crippen LogP contribution in [0.4, 0.5) is 5.69 Å². The highest BCUT2D eigenvalue weighted by atomic mass is 35.5. The van der Waals surface area contributed by atoms with E-state index >= 15 is 0 Å². The standard InChI is InChI=1S/C24H22ClN3O3S/c1-14-4-10-18(11-5-14)27-20(29)12-19-13-32-24-26-15(2)21(23(30)31-3)22(28(19)24)16-6-8-17(25)9-7-16/h4-11,13,22H,12H2,1-3H3,(H,27,29)/t22-/m1/s1. The number of hydrogen-bond donors (Lipinski definition) is 1. The maximum Gasteiger partial charge on any atom is 0.338 e. The lowest BCUT2D eigenvalue weighted by Gasteiger charge is -2.36. The van der Waals surface area contributed by atoms with Crippen LogP contribution in [0.1, 0.15) is 30.5 Å². The van der Waals surface area contributed by atoms with E-state index in [2.05, 4.69) is 10.3 Å². The lowest BCUT2D eigenvalue weighted by atomic mass is 9.94. The predicted molar refractivity (Wildman–Crippen MR) is 128 cm³/mol. The van der Waals surface area contributed by atoms with Gasteiger partial charge in [0, 0.05) is 16.4 Å². The lowest BCUT2D eigenvalue weighted by molar-refractivity contribution is -0.136. The number of benzene rings is 2. The van der Waals surface area contributed by atoms with Gasteiger partial charge in [0.15, 0.2) is 5.17 Å². The zero-order valence-electron chi connectivity index (χ0n) is 17.9. The summed E-state index contributed by atoms with van der Waals surface area (Å²) in [5.74, 6) is -0.603. The Hall–Kier alpha value is -3.03. The van der Waals surface area contributed by atoms with Crippen molar-refractivity contribution in [1.29, 1.82) is 0 Å². The van der Waals surface area contributed by atoms with Crippen LogP contribution < -0.4 is 5.32 Å². The first kappa shape index (κ1) is 22.2. The topological polar surface area (TPSA) is 71.0 Å². The summed E-state index contributed by atoms with van der Waals surface area (Å²) in [6.45, 7) is 3.79. The van der Waals surface area contributed by atoms with Crippen molar-refractivity contribution >= 4 is 46.1 Å². The smallest absolute Gasteiger partial charge is 0.338 e. The van der Waals surface area contributed by atoms with Crippen molar-refractivity contribution in [2.24, 2.45) is 4.99 Å². The number of carbonyl (C=O) groups is 2. The molecule has 1 amide bonds. The molecule has 1 atom stereocenters. The van der Waals surface area contributed by atoms with Gasteiger partial charge in [-0.1, -0.05) is 53.2 Å². The predicted octanol–water partition coefficient (Wildman–Crippen LogP) is 5.43.